The molecule has 118 valence electrons. The van der Waals surface area contributed by atoms with E-state index in [-0.39, 0.29) is 17.9 Å². The average Bonchev–Trinajstić information content (AvgIpc) is 3.05. The number of hydrogen-bond acceptors (Lipinski definition) is 5. The van der Waals surface area contributed by atoms with Crippen LogP contribution in [0.1, 0.15) is 11.3 Å². The Bertz CT molecular complexity index is 587. The molecule has 0 aliphatic carbocycles. The third kappa shape index (κ3) is 3.03. The summed E-state index contributed by atoms with van der Waals surface area (Å²) in [5.74, 6) is 0.275. The molecular formula is C14H22N2O3S2. The highest BCUT2D eigenvalue weighted by molar-refractivity contribution is 7.88. The third-order valence-corrected chi connectivity index (χ3v) is 6.93. The minimum atomic E-state index is -3.17. The fourth-order valence-corrected chi connectivity index (χ4v) is 5.35. The lowest BCUT2D eigenvalue weighted by molar-refractivity contribution is 0.00922. The monoisotopic (exact) mass is 330 g/mol. The number of sulfonamides is 1. The van der Waals surface area contributed by atoms with E-state index in [1.165, 1.54) is 11.1 Å². The van der Waals surface area contributed by atoms with Crippen molar-refractivity contribution in [3.05, 3.63) is 22.4 Å². The number of aliphatic hydroxyl groups excluding tert-OH is 1. The van der Waals surface area contributed by atoms with Crippen molar-refractivity contribution in [2.45, 2.75) is 13.0 Å². The lowest BCUT2D eigenvalue weighted by Gasteiger charge is -2.43. The van der Waals surface area contributed by atoms with Crippen LogP contribution in [0, 0.1) is 11.3 Å². The van der Waals surface area contributed by atoms with Crippen molar-refractivity contribution < 1.29 is 13.5 Å². The van der Waals surface area contributed by atoms with Gasteiger partial charge in [0, 0.05) is 36.5 Å². The first kappa shape index (κ1) is 15.4. The topological polar surface area (TPSA) is 60.9 Å². The van der Waals surface area contributed by atoms with Crippen molar-refractivity contribution in [3.8, 4) is 0 Å². The number of fused-ring (bicyclic) bond motifs is 1. The van der Waals surface area contributed by atoms with E-state index in [9.17, 15) is 13.5 Å². The predicted octanol–water partition coefficient (Wildman–Crippen LogP) is 0.824. The Morgan fingerprint density at radius 1 is 1.48 bits per heavy atom. The van der Waals surface area contributed by atoms with Gasteiger partial charge in [0.15, 0.2) is 0 Å². The summed E-state index contributed by atoms with van der Waals surface area (Å²) in [5, 5.41) is 12.0. The summed E-state index contributed by atoms with van der Waals surface area (Å²) in [4.78, 5) is 3.67. The van der Waals surface area contributed by atoms with Gasteiger partial charge in [-0.25, -0.2) is 12.7 Å². The maximum absolute atomic E-state index is 11.8. The zero-order chi connectivity index (χ0) is 15.1. The first-order valence-electron chi connectivity index (χ1n) is 7.24. The fraction of sp³-hybridized carbons (Fsp3) is 0.714. The van der Waals surface area contributed by atoms with Crippen LogP contribution in [0.3, 0.4) is 0 Å². The second-order valence-corrected chi connectivity index (χ2v) is 9.37. The van der Waals surface area contributed by atoms with Crippen molar-refractivity contribution >= 4 is 21.4 Å². The molecule has 2 saturated heterocycles. The highest BCUT2D eigenvalue weighted by Gasteiger charge is 2.51. The van der Waals surface area contributed by atoms with Crippen LogP contribution < -0.4 is 0 Å². The summed E-state index contributed by atoms with van der Waals surface area (Å²) in [7, 11) is -3.17. The van der Waals surface area contributed by atoms with Crippen molar-refractivity contribution in [1.29, 1.82) is 0 Å². The van der Waals surface area contributed by atoms with Crippen LogP contribution in [0.5, 0.6) is 0 Å². The van der Waals surface area contributed by atoms with Crippen LogP contribution >= 0.6 is 11.3 Å². The molecule has 1 aromatic heterocycles. The number of thiophene rings is 1. The highest BCUT2D eigenvalue weighted by Crippen LogP contribution is 2.43. The van der Waals surface area contributed by atoms with Gasteiger partial charge in [-0.2, -0.15) is 0 Å². The zero-order valence-electron chi connectivity index (χ0n) is 12.2. The van der Waals surface area contributed by atoms with Crippen LogP contribution in [0.15, 0.2) is 17.5 Å². The molecule has 0 amide bonds. The Morgan fingerprint density at radius 3 is 2.90 bits per heavy atom. The van der Waals surface area contributed by atoms with Gasteiger partial charge >= 0.3 is 0 Å². The number of piperidine rings is 1. The van der Waals surface area contributed by atoms with Crippen molar-refractivity contribution in [1.82, 2.24) is 9.21 Å². The number of nitrogens with zero attached hydrogens (tertiary/aromatic N) is 2. The Balaban J connectivity index is 1.75. The van der Waals surface area contributed by atoms with Crippen molar-refractivity contribution in [2.24, 2.45) is 11.3 Å². The van der Waals surface area contributed by atoms with E-state index in [4.69, 9.17) is 0 Å². The van der Waals surface area contributed by atoms with E-state index >= 15 is 0 Å². The van der Waals surface area contributed by atoms with Gasteiger partial charge in [-0.15, -0.1) is 11.3 Å². The van der Waals surface area contributed by atoms with Gasteiger partial charge in [0.2, 0.25) is 10.0 Å². The first-order chi connectivity index (χ1) is 9.93. The number of rotatable bonds is 4. The summed E-state index contributed by atoms with van der Waals surface area (Å²) in [6.45, 7) is 3.72. The van der Waals surface area contributed by atoms with Crippen LogP contribution in [-0.2, 0) is 16.6 Å². The van der Waals surface area contributed by atoms with Crippen LogP contribution in [0.4, 0.5) is 0 Å². The molecule has 2 fully saturated rings. The Morgan fingerprint density at radius 2 is 2.29 bits per heavy atom. The fourth-order valence-electron chi connectivity index (χ4n) is 3.66. The SMILES string of the molecule is CS(=O)(=O)N1C[C@H]2CCN(Cc3cccs3)C[C@@]2(CO)C1. The molecule has 2 atom stereocenters. The molecule has 0 radical (unpaired) electrons. The van der Waals surface area contributed by atoms with Gasteiger partial charge in [0.05, 0.1) is 12.9 Å². The Kier molecular flexibility index (Phi) is 4.13. The van der Waals surface area contributed by atoms with E-state index < -0.39 is 10.0 Å². The molecule has 5 nitrogen and oxygen atoms in total. The standard InChI is InChI=1S/C14H22N2O3S2/c1-21(18,19)16-7-12-4-5-15(8-13-3-2-6-20-13)9-14(12,10-16)11-17/h2-3,6,12,17H,4-5,7-11H2,1H3/t12-,14+/m1/s1. The number of aliphatic hydroxyl groups is 1. The minimum absolute atomic E-state index is 0.0601. The summed E-state index contributed by atoms with van der Waals surface area (Å²) < 4.78 is 25.2. The molecule has 0 spiro atoms. The van der Waals surface area contributed by atoms with E-state index in [0.29, 0.717) is 13.1 Å². The highest BCUT2D eigenvalue weighted by atomic mass is 32.2. The van der Waals surface area contributed by atoms with E-state index in [1.807, 2.05) is 0 Å². The molecule has 0 unspecified atom stereocenters. The van der Waals surface area contributed by atoms with Gasteiger partial charge in [-0.05, 0) is 30.3 Å². The lowest BCUT2D eigenvalue weighted by atomic mass is 9.74. The molecule has 2 aliphatic rings. The second kappa shape index (κ2) is 5.62. The Hall–Kier alpha value is -0.470. The molecule has 0 aromatic carbocycles. The predicted molar refractivity (Wildman–Crippen MR) is 83.6 cm³/mol. The molecule has 3 rings (SSSR count). The number of hydrogen-bond donors (Lipinski definition) is 1. The number of likely N-dealkylation sites (tertiary alicyclic amines) is 1. The zero-order valence-corrected chi connectivity index (χ0v) is 13.9. The quantitative estimate of drug-likeness (QED) is 0.888. The molecule has 0 saturated carbocycles. The largest absolute Gasteiger partial charge is 0.396 e. The van der Waals surface area contributed by atoms with E-state index in [0.717, 1.165) is 26.1 Å². The summed E-state index contributed by atoms with van der Waals surface area (Å²) in [5.41, 5.74) is -0.293. The maximum atomic E-state index is 11.8. The van der Waals surface area contributed by atoms with Gasteiger partial charge < -0.3 is 5.11 Å². The molecule has 21 heavy (non-hydrogen) atoms. The molecule has 7 heteroatoms. The molecule has 0 bridgehead atoms. The minimum Gasteiger partial charge on any atom is -0.396 e. The van der Waals surface area contributed by atoms with Crippen LogP contribution in [0.25, 0.3) is 0 Å². The molecular weight excluding hydrogens is 308 g/mol. The summed E-state index contributed by atoms with van der Waals surface area (Å²) in [6.07, 6.45) is 2.22. The smallest absolute Gasteiger partial charge is 0.211 e. The lowest BCUT2D eigenvalue weighted by Crippen LogP contribution is -2.50. The second-order valence-electron chi connectivity index (χ2n) is 6.35. The summed E-state index contributed by atoms with van der Waals surface area (Å²) >= 11 is 1.74. The van der Waals surface area contributed by atoms with Crippen molar-refractivity contribution in [3.63, 3.8) is 0 Å². The third-order valence-electron chi connectivity index (χ3n) is 4.86. The van der Waals surface area contributed by atoms with E-state index in [2.05, 4.69) is 22.4 Å². The van der Waals surface area contributed by atoms with Gasteiger partial charge in [0.1, 0.15) is 0 Å². The van der Waals surface area contributed by atoms with E-state index in [1.54, 1.807) is 15.6 Å². The summed E-state index contributed by atoms with van der Waals surface area (Å²) in [6, 6.07) is 4.18. The average molecular weight is 330 g/mol. The molecule has 1 aromatic rings. The molecule has 3 heterocycles. The normalized spacial score (nSPS) is 31.4. The van der Waals surface area contributed by atoms with Gasteiger partial charge in [0.25, 0.3) is 0 Å². The molecule has 2 aliphatic heterocycles. The van der Waals surface area contributed by atoms with Crippen molar-refractivity contribution in [2.75, 3.05) is 39.0 Å². The van der Waals surface area contributed by atoms with Gasteiger partial charge in [-0.1, -0.05) is 6.07 Å². The molecule has 1 N–H and O–H groups in total. The van der Waals surface area contributed by atoms with Crippen LogP contribution in [0.2, 0.25) is 0 Å². The Labute approximate surface area is 130 Å². The van der Waals surface area contributed by atoms with Gasteiger partial charge in [-0.3, -0.25) is 4.90 Å². The van der Waals surface area contributed by atoms with Crippen LogP contribution in [-0.4, -0.2) is 61.8 Å². The maximum Gasteiger partial charge on any atom is 0.211 e. The first-order valence-corrected chi connectivity index (χ1v) is 9.96.